The Balaban J connectivity index is 1.41. The number of carbonyl (C=O) groups is 2. The van der Waals surface area contributed by atoms with Crippen LogP contribution < -0.4 is 15.0 Å². The number of halogens is 1. The fraction of sp³-hybridized carbons (Fsp3) is 0.227. The Bertz CT molecular complexity index is 1080. The van der Waals surface area contributed by atoms with Crippen LogP contribution in [-0.4, -0.2) is 28.7 Å². The summed E-state index contributed by atoms with van der Waals surface area (Å²) in [7, 11) is 1.60. The highest BCUT2D eigenvalue weighted by Crippen LogP contribution is 2.24. The third-order valence-electron chi connectivity index (χ3n) is 5.05. The molecule has 30 heavy (non-hydrogen) atoms. The van der Waals surface area contributed by atoms with E-state index in [9.17, 15) is 9.59 Å². The molecule has 0 saturated carbocycles. The molecule has 1 aliphatic rings. The van der Waals surface area contributed by atoms with Gasteiger partial charge in [-0.2, -0.15) is 5.10 Å². The van der Waals surface area contributed by atoms with Crippen LogP contribution in [0.5, 0.6) is 5.75 Å². The maximum atomic E-state index is 12.5. The van der Waals surface area contributed by atoms with Crippen molar-refractivity contribution >= 4 is 33.6 Å². The zero-order chi connectivity index (χ0) is 21.1. The third-order valence-corrected chi connectivity index (χ3v) is 5.54. The molecule has 2 amide bonds. The standard InChI is InChI=1S/C22H21BrN4O3/c1-30-19-7-6-18(23)12-17(19)13-24-22(29)16-4-2-15(3-5-16)14-26-20-8-10-25-27(20)11-9-21(26)28/h2-8,10,12H,9,11,13-14H2,1H3,(H,24,29). The molecule has 2 heterocycles. The quantitative estimate of drug-likeness (QED) is 0.600. The van der Waals surface area contributed by atoms with Crippen LogP contribution >= 0.6 is 15.9 Å². The monoisotopic (exact) mass is 468 g/mol. The minimum absolute atomic E-state index is 0.0767. The zero-order valence-corrected chi connectivity index (χ0v) is 18.1. The van der Waals surface area contributed by atoms with Crippen molar-refractivity contribution in [2.75, 3.05) is 12.0 Å². The van der Waals surface area contributed by atoms with Gasteiger partial charge in [0, 0.05) is 34.6 Å². The van der Waals surface area contributed by atoms with E-state index in [-0.39, 0.29) is 11.8 Å². The van der Waals surface area contributed by atoms with Gasteiger partial charge in [0.25, 0.3) is 5.91 Å². The van der Waals surface area contributed by atoms with Gasteiger partial charge in [-0.1, -0.05) is 28.1 Å². The average molecular weight is 469 g/mol. The second-order valence-electron chi connectivity index (χ2n) is 6.98. The molecule has 0 radical (unpaired) electrons. The van der Waals surface area contributed by atoms with E-state index >= 15 is 0 Å². The summed E-state index contributed by atoms with van der Waals surface area (Å²) in [5, 5.41) is 7.16. The van der Waals surface area contributed by atoms with E-state index < -0.39 is 0 Å². The summed E-state index contributed by atoms with van der Waals surface area (Å²) in [5.74, 6) is 1.43. The SMILES string of the molecule is COc1ccc(Br)cc1CNC(=O)c1ccc(CN2C(=O)CCn3nccc32)cc1. The van der Waals surface area contributed by atoms with Crippen molar-refractivity contribution in [3.63, 3.8) is 0 Å². The Morgan fingerprint density at radius 1 is 1.20 bits per heavy atom. The van der Waals surface area contributed by atoms with Crippen molar-refractivity contribution in [1.82, 2.24) is 15.1 Å². The van der Waals surface area contributed by atoms with Gasteiger partial charge >= 0.3 is 0 Å². The number of fused-ring (bicyclic) bond motifs is 1. The third kappa shape index (κ3) is 4.23. The largest absolute Gasteiger partial charge is 0.496 e. The number of rotatable bonds is 6. The molecular formula is C22H21BrN4O3. The Labute approximate surface area is 182 Å². The summed E-state index contributed by atoms with van der Waals surface area (Å²) in [6.45, 7) is 1.41. The van der Waals surface area contributed by atoms with Crippen molar-refractivity contribution in [3.05, 3.63) is 75.9 Å². The number of ether oxygens (including phenoxy) is 1. The molecule has 0 atom stereocenters. The van der Waals surface area contributed by atoms with Crippen LogP contribution in [-0.2, 0) is 24.4 Å². The van der Waals surface area contributed by atoms with E-state index in [1.807, 2.05) is 41.1 Å². The van der Waals surface area contributed by atoms with Crippen LogP contribution in [0.2, 0.25) is 0 Å². The number of methoxy groups -OCH3 is 1. The van der Waals surface area contributed by atoms with Gasteiger partial charge in [0.1, 0.15) is 11.6 Å². The predicted molar refractivity (Wildman–Crippen MR) is 116 cm³/mol. The summed E-state index contributed by atoms with van der Waals surface area (Å²) < 4.78 is 8.10. The van der Waals surface area contributed by atoms with Crippen LogP contribution in [0.25, 0.3) is 0 Å². The normalized spacial score (nSPS) is 13.1. The maximum Gasteiger partial charge on any atom is 0.251 e. The smallest absolute Gasteiger partial charge is 0.251 e. The van der Waals surface area contributed by atoms with Crippen molar-refractivity contribution in [3.8, 4) is 5.75 Å². The van der Waals surface area contributed by atoms with Crippen LogP contribution in [0.3, 0.4) is 0 Å². The number of hydrogen-bond donors (Lipinski definition) is 1. The summed E-state index contributed by atoms with van der Waals surface area (Å²) in [6, 6.07) is 14.8. The molecule has 1 aromatic heterocycles. The van der Waals surface area contributed by atoms with E-state index in [0.717, 1.165) is 27.2 Å². The van der Waals surface area contributed by atoms with E-state index in [2.05, 4.69) is 26.3 Å². The number of amides is 2. The molecule has 2 aromatic carbocycles. The van der Waals surface area contributed by atoms with Crippen LogP contribution in [0.4, 0.5) is 5.82 Å². The maximum absolute atomic E-state index is 12.5. The number of hydrogen-bond acceptors (Lipinski definition) is 4. The molecule has 0 unspecified atom stereocenters. The van der Waals surface area contributed by atoms with E-state index in [1.54, 1.807) is 30.3 Å². The van der Waals surface area contributed by atoms with Crippen LogP contribution in [0, 0.1) is 0 Å². The van der Waals surface area contributed by atoms with Crippen molar-refractivity contribution in [2.24, 2.45) is 0 Å². The molecule has 3 aromatic rings. The summed E-state index contributed by atoms with van der Waals surface area (Å²) in [5.41, 5.74) is 2.39. The minimum Gasteiger partial charge on any atom is -0.496 e. The number of carbonyl (C=O) groups excluding carboxylic acids is 2. The first-order chi connectivity index (χ1) is 14.5. The topological polar surface area (TPSA) is 76.5 Å². The predicted octanol–water partition coefficient (Wildman–Crippen LogP) is 3.52. The summed E-state index contributed by atoms with van der Waals surface area (Å²) >= 11 is 3.44. The molecule has 0 fully saturated rings. The highest BCUT2D eigenvalue weighted by Gasteiger charge is 2.24. The van der Waals surface area contributed by atoms with Crippen LogP contribution in [0.1, 0.15) is 27.9 Å². The molecule has 4 rings (SSSR count). The molecule has 1 N–H and O–H groups in total. The average Bonchev–Trinajstić information content (AvgIpc) is 3.24. The fourth-order valence-corrected chi connectivity index (χ4v) is 3.88. The Morgan fingerprint density at radius 3 is 2.77 bits per heavy atom. The number of aryl methyl sites for hydroxylation is 1. The lowest BCUT2D eigenvalue weighted by Crippen LogP contribution is -2.36. The van der Waals surface area contributed by atoms with Crippen LogP contribution in [0.15, 0.2) is 59.2 Å². The molecule has 0 aliphatic carbocycles. The van der Waals surface area contributed by atoms with Gasteiger partial charge in [0.05, 0.1) is 26.4 Å². The van der Waals surface area contributed by atoms with Gasteiger partial charge < -0.3 is 10.1 Å². The molecule has 0 bridgehead atoms. The van der Waals surface area contributed by atoms with Gasteiger partial charge in [-0.25, -0.2) is 4.68 Å². The summed E-state index contributed by atoms with van der Waals surface area (Å²) in [6.07, 6.45) is 2.14. The van der Waals surface area contributed by atoms with Gasteiger partial charge in [-0.15, -0.1) is 0 Å². The summed E-state index contributed by atoms with van der Waals surface area (Å²) in [4.78, 5) is 26.6. The lowest BCUT2D eigenvalue weighted by atomic mass is 10.1. The Kier molecular flexibility index (Phi) is 5.85. The first kappa shape index (κ1) is 20.2. The number of aromatic nitrogens is 2. The van der Waals surface area contributed by atoms with Gasteiger partial charge in [0.2, 0.25) is 5.91 Å². The number of nitrogens with zero attached hydrogens (tertiary/aromatic N) is 3. The Hall–Kier alpha value is -3.13. The molecule has 154 valence electrons. The first-order valence-corrected chi connectivity index (χ1v) is 10.4. The second-order valence-corrected chi connectivity index (χ2v) is 7.89. The molecule has 7 nitrogen and oxygen atoms in total. The minimum atomic E-state index is -0.171. The first-order valence-electron chi connectivity index (χ1n) is 9.57. The van der Waals surface area contributed by atoms with Gasteiger partial charge in [0.15, 0.2) is 0 Å². The zero-order valence-electron chi connectivity index (χ0n) is 16.5. The van der Waals surface area contributed by atoms with E-state index in [4.69, 9.17) is 4.74 Å². The number of benzene rings is 2. The highest BCUT2D eigenvalue weighted by atomic mass is 79.9. The van der Waals surface area contributed by atoms with Gasteiger partial charge in [-0.05, 0) is 35.9 Å². The molecule has 1 aliphatic heterocycles. The van der Waals surface area contributed by atoms with E-state index in [1.165, 1.54) is 0 Å². The molecule has 0 spiro atoms. The lowest BCUT2D eigenvalue weighted by molar-refractivity contribution is -0.119. The van der Waals surface area contributed by atoms with Crippen molar-refractivity contribution in [2.45, 2.75) is 26.1 Å². The van der Waals surface area contributed by atoms with Gasteiger partial charge in [-0.3, -0.25) is 14.5 Å². The lowest BCUT2D eigenvalue weighted by Gasteiger charge is -2.27. The Morgan fingerprint density at radius 2 is 2.00 bits per heavy atom. The number of anilines is 1. The fourth-order valence-electron chi connectivity index (χ4n) is 3.47. The molecule has 8 heteroatoms. The van der Waals surface area contributed by atoms with Crippen molar-refractivity contribution in [1.29, 1.82) is 0 Å². The number of nitrogens with one attached hydrogen (secondary N) is 1. The van der Waals surface area contributed by atoms with E-state index in [0.29, 0.717) is 31.6 Å². The van der Waals surface area contributed by atoms with Crippen molar-refractivity contribution < 1.29 is 14.3 Å². The molecule has 0 saturated heterocycles. The second kappa shape index (κ2) is 8.71. The highest BCUT2D eigenvalue weighted by molar-refractivity contribution is 9.10. The molecular weight excluding hydrogens is 448 g/mol.